The van der Waals surface area contributed by atoms with Crippen molar-refractivity contribution in [2.45, 2.75) is 0 Å². The number of hydrogen-bond acceptors (Lipinski definition) is 3. The maximum Gasteiger partial charge on any atom is 0.176 e. The smallest absolute Gasteiger partial charge is 0.176 e. The van der Waals surface area contributed by atoms with Crippen molar-refractivity contribution in [2.75, 3.05) is 4.90 Å². The summed E-state index contributed by atoms with van der Waals surface area (Å²) in [5.74, 6) is 5.02. The second-order valence-corrected chi connectivity index (χ2v) is 3.31. The first kappa shape index (κ1) is 10.7. The average molecular weight is 229 g/mol. The van der Waals surface area contributed by atoms with E-state index in [-0.39, 0.29) is 5.11 Å². The first-order valence-corrected chi connectivity index (χ1v) is 4.51. The molecule has 0 saturated carbocycles. The number of nitrogens with zero attached hydrogens (tertiary/aromatic N) is 2. The van der Waals surface area contributed by atoms with Crippen LogP contribution >= 0.6 is 23.8 Å². The molecule has 0 amide bonds. The fourth-order valence-corrected chi connectivity index (χ4v) is 1.28. The molecule has 0 unspecified atom stereocenters. The van der Waals surface area contributed by atoms with Gasteiger partial charge in [-0.1, -0.05) is 17.7 Å². The standard InChI is InChI=1S/C8H9ClN4S/c9-6-2-1-3-7(4-6)13(5-12-11)8(10)14/h1-5H,11H2,(H2,10,14). The summed E-state index contributed by atoms with van der Waals surface area (Å²) in [6.07, 6.45) is 1.33. The summed E-state index contributed by atoms with van der Waals surface area (Å²) in [6.45, 7) is 0. The van der Waals surface area contributed by atoms with E-state index in [1.54, 1.807) is 24.3 Å². The number of hydrazone groups is 1. The summed E-state index contributed by atoms with van der Waals surface area (Å²) >= 11 is 10.6. The molecule has 4 N–H and O–H groups in total. The molecule has 0 aliphatic heterocycles. The SMILES string of the molecule is NN=CN(C(N)=S)c1cccc(Cl)c1. The monoisotopic (exact) mass is 228 g/mol. The zero-order valence-electron chi connectivity index (χ0n) is 7.22. The Kier molecular flexibility index (Phi) is 3.67. The minimum absolute atomic E-state index is 0.154. The van der Waals surface area contributed by atoms with Gasteiger partial charge in [-0.25, -0.2) is 0 Å². The van der Waals surface area contributed by atoms with Crippen molar-refractivity contribution in [1.29, 1.82) is 0 Å². The Balaban J connectivity index is 3.05. The van der Waals surface area contributed by atoms with Crippen LogP contribution in [0.25, 0.3) is 0 Å². The predicted octanol–water partition coefficient (Wildman–Crippen LogP) is 1.29. The molecule has 0 aromatic heterocycles. The lowest BCUT2D eigenvalue weighted by atomic mass is 10.3. The van der Waals surface area contributed by atoms with Crippen LogP contribution in [0.4, 0.5) is 5.69 Å². The van der Waals surface area contributed by atoms with Crippen LogP contribution in [0.2, 0.25) is 5.02 Å². The molecule has 0 heterocycles. The van der Waals surface area contributed by atoms with Crippen molar-refractivity contribution in [1.82, 2.24) is 0 Å². The molecule has 0 radical (unpaired) electrons. The van der Waals surface area contributed by atoms with Crippen molar-refractivity contribution >= 4 is 41.0 Å². The van der Waals surface area contributed by atoms with Gasteiger partial charge < -0.3 is 11.6 Å². The minimum atomic E-state index is 0.154. The van der Waals surface area contributed by atoms with Crippen molar-refractivity contribution in [3.63, 3.8) is 0 Å². The van der Waals surface area contributed by atoms with Crippen LogP contribution in [-0.2, 0) is 0 Å². The molecule has 74 valence electrons. The molecular weight excluding hydrogens is 220 g/mol. The zero-order valence-corrected chi connectivity index (χ0v) is 8.79. The summed E-state index contributed by atoms with van der Waals surface area (Å²) in [5, 5.41) is 4.10. The fraction of sp³-hybridized carbons (Fsp3) is 0. The van der Waals surface area contributed by atoms with Gasteiger partial charge in [0.1, 0.15) is 6.34 Å². The van der Waals surface area contributed by atoms with Crippen LogP contribution in [0.1, 0.15) is 0 Å². The second kappa shape index (κ2) is 4.78. The molecule has 0 fully saturated rings. The van der Waals surface area contributed by atoms with Crippen LogP contribution in [-0.4, -0.2) is 11.5 Å². The van der Waals surface area contributed by atoms with Gasteiger partial charge >= 0.3 is 0 Å². The van der Waals surface area contributed by atoms with Gasteiger partial charge in [-0.15, -0.1) is 0 Å². The lowest BCUT2D eigenvalue weighted by Crippen LogP contribution is -2.34. The third kappa shape index (κ3) is 2.58. The Morgan fingerprint density at radius 3 is 2.79 bits per heavy atom. The molecule has 0 aliphatic carbocycles. The number of nitrogens with two attached hydrogens (primary N) is 2. The predicted molar refractivity (Wildman–Crippen MR) is 63.4 cm³/mol. The highest BCUT2D eigenvalue weighted by molar-refractivity contribution is 7.80. The van der Waals surface area contributed by atoms with E-state index >= 15 is 0 Å². The fourth-order valence-electron chi connectivity index (χ4n) is 0.943. The van der Waals surface area contributed by atoms with E-state index in [0.717, 1.165) is 5.69 Å². The molecule has 0 bridgehead atoms. The highest BCUT2D eigenvalue weighted by atomic mass is 35.5. The second-order valence-electron chi connectivity index (χ2n) is 2.45. The number of thiocarbonyl (C=S) groups is 1. The van der Waals surface area contributed by atoms with E-state index in [4.69, 9.17) is 35.4 Å². The molecule has 14 heavy (non-hydrogen) atoms. The van der Waals surface area contributed by atoms with Crippen molar-refractivity contribution < 1.29 is 0 Å². The quantitative estimate of drug-likeness (QED) is 0.263. The third-order valence-corrected chi connectivity index (χ3v) is 1.94. The number of rotatable bonds is 2. The van der Waals surface area contributed by atoms with Crippen molar-refractivity contribution in [3.05, 3.63) is 29.3 Å². The van der Waals surface area contributed by atoms with Gasteiger partial charge in [0.2, 0.25) is 0 Å². The molecule has 1 aromatic carbocycles. The topological polar surface area (TPSA) is 67.6 Å². The number of halogens is 1. The van der Waals surface area contributed by atoms with E-state index in [2.05, 4.69) is 5.10 Å². The minimum Gasteiger partial charge on any atom is -0.376 e. The molecule has 0 saturated heterocycles. The number of anilines is 1. The maximum atomic E-state index is 5.81. The lowest BCUT2D eigenvalue weighted by molar-refractivity contribution is 1.24. The molecule has 4 nitrogen and oxygen atoms in total. The number of hydrogen-bond donors (Lipinski definition) is 2. The summed E-state index contributed by atoms with van der Waals surface area (Å²) in [5.41, 5.74) is 6.19. The highest BCUT2D eigenvalue weighted by Gasteiger charge is 2.06. The molecule has 0 spiro atoms. The number of benzene rings is 1. The Morgan fingerprint density at radius 1 is 1.57 bits per heavy atom. The summed E-state index contributed by atoms with van der Waals surface area (Å²) in [7, 11) is 0. The van der Waals surface area contributed by atoms with Crippen molar-refractivity contribution in [3.8, 4) is 0 Å². The Bertz CT molecular complexity index is 366. The Labute approximate surface area is 92.1 Å². The molecule has 0 aliphatic rings. The van der Waals surface area contributed by atoms with E-state index in [0.29, 0.717) is 5.02 Å². The molecule has 1 aromatic rings. The largest absolute Gasteiger partial charge is 0.376 e. The van der Waals surface area contributed by atoms with Crippen molar-refractivity contribution in [2.24, 2.45) is 16.7 Å². The lowest BCUT2D eigenvalue weighted by Gasteiger charge is -2.16. The Hall–Kier alpha value is -1.33. The Morgan fingerprint density at radius 2 is 2.29 bits per heavy atom. The zero-order chi connectivity index (χ0) is 10.6. The van der Waals surface area contributed by atoms with Crippen LogP contribution in [0.5, 0.6) is 0 Å². The van der Waals surface area contributed by atoms with E-state index in [1.807, 2.05) is 0 Å². The first-order valence-electron chi connectivity index (χ1n) is 3.72. The van der Waals surface area contributed by atoms with Gasteiger partial charge in [-0.05, 0) is 30.4 Å². The van der Waals surface area contributed by atoms with Gasteiger partial charge in [0.05, 0.1) is 5.69 Å². The third-order valence-electron chi connectivity index (χ3n) is 1.51. The van der Waals surface area contributed by atoms with E-state index in [9.17, 15) is 0 Å². The van der Waals surface area contributed by atoms with Crippen LogP contribution in [0.15, 0.2) is 29.4 Å². The maximum absolute atomic E-state index is 5.81. The normalized spacial score (nSPS) is 10.4. The van der Waals surface area contributed by atoms with Crippen LogP contribution in [0, 0.1) is 0 Å². The summed E-state index contributed by atoms with van der Waals surface area (Å²) in [6, 6.07) is 7.05. The molecule has 0 atom stereocenters. The molecule has 6 heteroatoms. The van der Waals surface area contributed by atoms with E-state index in [1.165, 1.54) is 11.2 Å². The average Bonchev–Trinajstić information content (AvgIpc) is 2.13. The van der Waals surface area contributed by atoms with Gasteiger partial charge in [0, 0.05) is 5.02 Å². The van der Waals surface area contributed by atoms with Gasteiger partial charge in [-0.3, -0.25) is 4.90 Å². The van der Waals surface area contributed by atoms with Crippen LogP contribution < -0.4 is 16.5 Å². The van der Waals surface area contributed by atoms with Crippen LogP contribution in [0.3, 0.4) is 0 Å². The highest BCUT2D eigenvalue weighted by Crippen LogP contribution is 2.18. The summed E-state index contributed by atoms with van der Waals surface area (Å²) < 4.78 is 0. The molecule has 1 rings (SSSR count). The molecular formula is C8H9ClN4S. The first-order chi connectivity index (χ1) is 6.65. The van der Waals surface area contributed by atoms with Gasteiger partial charge in [0.25, 0.3) is 0 Å². The summed E-state index contributed by atoms with van der Waals surface area (Å²) in [4.78, 5) is 1.46. The van der Waals surface area contributed by atoms with Gasteiger partial charge in [0.15, 0.2) is 5.11 Å². The van der Waals surface area contributed by atoms with E-state index < -0.39 is 0 Å². The van der Waals surface area contributed by atoms with Gasteiger partial charge in [-0.2, -0.15) is 5.10 Å².